The summed E-state index contributed by atoms with van der Waals surface area (Å²) < 4.78 is 2.94. The molecule has 0 aliphatic heterocycles. The molecule has 3 N–H and O–H groups in total. The molecule has 0 fully saturated rings. The third-order valence-electron chi connectivity index (χ3n) is 2.89. The van der Waals surface area contributed by atoms with E-state index in [4.69, 9.17) is 5.84 Å². The molecule has 0 radical (unpaired) electrons. The Kier molecular flexibility index (Phi) is 4.55. The fourth-order valence-corrected chi connectivity index (χ4v) is 3.49. The first-order valence-corrected chi connectivity index (χ1v) is 7.58. The number of hydrazine groups is 1. The zero-order valence-electron chi connectivity index (χ0n) is 10.5. The van der Waals surface area contributed by atoms with Crippen LogP contribution in [0.15, 0.2) is 22.8 Å². The molecule has 0 aliphatic carbocycles. The van der Waals surface area contributed by atoms with Gasteiger partial charge in [-0.15, -0.1) is 11.3 Å². The van der Waals surface area contributed by atoms with Crippen LogP contribution in [-0.2, 0) is 13.0 Å². The molecule has 0 aliphatic rings. The van der Waals surface area contributed by atoms with Gasteiger partial charge in [-0.2, -0.15) is 5.10 Å². The number of halogens is 1. The molecular formula is C12H17BrN4S. The highest BCUT2D eigenvalue weighted by Gasteiger charge is 2.21. The molecule has 0 amide bonds. The normalized spacial score (nSPS) is 12.9. The molecule has 0 saturated carbocycles. The van der Waals surface area contributed by atoms with Crippen LogP contribution in [0.25, 0.3) is 0 Å². The number of rotatable bonds is 5. The fraction of sp³-hybridized carbons (Fsp3) is 0.417. The van der Waals surface area contributed by atoms with Crippen molar-refractivity contribution in [1.29, 1.82) is 0 Å². The number of aryl methyl sites for hydroxylation is 2. The van der Waals surface area contributed by atoms with E-state index < -0.39 is 0 Å². The van der Waals surface area contributed by atoms with Crippen molar-refractivity contribution in [2.75, 3.05) is 0 Å². The molecule has 1 unspecified atom stereocenters. The summed E-state index contributed by atoms with van der Waals surface area (Å²) in [7, 11) is 0. The maximum Gasteiger partial charge on any atom is 0.0981 e. The number of nitrogens with zero attached hydrogens (tertiary/aromatic N) is 2. The van der Waals surface area contributed by atoms with Gasteiger partial charge >= 0.3 is 0 Å². The van der Waals surface area contributed by atoms with Gasteiger partial charge in [0.2, 0.25) is 0 Å². The van der Waals surface area contributed by atoms with Gasteiger partial charge in [0.1, 0.15) is 0 Å². The third-order valence-corrected chi connectivity index (χ3v) is 4.79. The summed E-state index contributed by atoms with van der Waals surface area (Å²) in [4.78, 5) is 2.58. The Balaban J connectivity index is 2.41. The van der Waals surface area contributed by atoms with E-state index in [2.05, 4.69) is 52.4 Å². The van der Waals surface area contributed by atoms with E-state index >= 15 is 0 Å². The molecule has 2 rings (SSSR count). The van der Waals surface area contributed by atoms with E-state index in [1.807, 2.05) is 10.9 Å². The third kappa shape index (κ3) is 2.51. The molecule has 1 atom stereocenters. The molecule has 0 saturated heterocycles. The van der Waals surface area contributed by atoms with Crippen LogP contribution in [0, 0.1) is 0 Å². The summed E-state index contributed by atoms with van der Waals surface area (Å²) in [5.74, 6) is 5.73. The summed E-state index contributed by atoms with van der Waals surface area (Å²) in [6, 6.07) is 4.27. The van der Waals surface area contributed by atoms with Gasteiger partial charge in [-0.3, -0.25) is 10.5 Å². The Morgan fingerprint density at radius 3 is 2.83 bits per heavy atom. The highest BCUT2D eigenvalue weighted by molar-refractivity contribution is 9.10. The molecule has 2 heterocycles. The number of hydrogen-bond donors (Lipinski definition) is 2. The van der Waals surface area contributed by atoms with E-state index in [9.17, 15) is 0 Å². The smallest absolute Gasteiger partial charge is 0.0981 e. The molecule has 0 aromatic carbocycles. The minimum Gasteiger partial charge on any atom is -0.270 e. The van der Waals surface area contributed by atoms with Crippen molar-refractivity contribution in [3.63, 3.8) is 0 Å². The topological polar surface area (TPSA) is 55.9 Å². The van der Waals surface area contributed by atoms with Gasteiger partial charge in [-0.05, 0) is 41.4 Å². The Labute approximate surface area is 119 Å². The molecule has 0 bridgehead atoms. The van der Waals surface area contributed by atoms with Crippen LogP contribution in [0.4, 0.5) is 0 Å². The van der Waals surface area contributed by atoms with Gasteiger partial charge < -0.3 is 0 Å². The minimum atomic E-state index is -0.0212. The van der Waals surface area contributed by atoms with E-state index in [-0.39, 0.29) is 6.04 Å². The van der Waals surface area contributed by atoms with Crippen LogP contribution in [-0.4, -0.2) is 9.78 Å². The van der Waals surface area contributed by atoms with Crippen LogP contribution < -0.4 is 11.3 Å². The van der Waals surface area contributed by atoms with Crippen molar-refractivity contribution >= 4 is 27.3 Å². The molecular weight excluding hydrogens is 312 g/mol. The zero-order chi connectivity index (χ0) is 13.1. The minimum absolute atomic E-state index is 0.0212. The second-order valence-corrected chi connectivity index (χ2v) is 6.01. The summed E-state index contributed by atoms with van der Waals surface area (Å²) in [6.07, 6.45) is 2.87. The van der Waals surface area contributed by atoms with Gasteiger partial charge in [0.15, 0.2) is 0 Å². The lowest BCUT2D eigenvalue weighted by Crippen LogP contribution is -2.30. The summed E-state index contributed by atoms with van der Waals surface area (Å²) in [5.41, 5.74) is 3.97. The lowest BCUT2D eigenvalue weighted by atomic mass is 10.2. The van der Waals surface area contributed by atoms with Gasteiger partial charge in [0, 0.05) is 16.3 Å². The molecule has 2 aromatic heterocycles. The highest BCUT2D eigenvalue weighted by Crippen LogP contribution is 2.32. The lowest BCUT2D eigenvalue weighted by Gasteiger charge is -2.16. The van der Waals surface area contributed by atoms with Crippen molar-refractivity contribution < 1.29 is 0 Å². The van der Waals surface area contributed by atoms with E-state index in [0.29, 0.717) is 0 Å². The Morgan fingerprint density at radius 1 is 1.50 bits per heavy atom. The molecule has 4 nitrogen and oxygen atoms in total. The average Bonchev–Trinajstić information content (AvgIpc) is 2.99. The Hall–Kier alpha value is -0.690. The summed E-state index contributed by atoms with van der Waals surface area (Å²) >= 11 is 5.33. The van der Waals surface area contributed by atoms with Gasteiger partial charge in [-0.1, -0.05) is 6.92 Å². The standard InChI is InChI=1S/C12H17BrN4S/c1-3-8-5-6-10(18-8)11(16-14)12-9(13)7-15-17(12)4-2/h5-7,11,16H,3-4,14H2,1-2H3. The maximum atomic E-state index is 5.73. The second-order valence-electron chi connectivity index (χ2n) is 3.95. The van der Waals surface area contributed by atoms with E-state index in [0.717, 1.165) is 23.1 Å². The number of nitrogens with two attached hydrogens (primary N) is 1. The number of nitrogens with one attached hydrogen (secondary N) is 1. The Bertz CT molecular complexity index is 520. The first-order valence-electron chi connectivity index (χ1n) is 5.97. The van der Waals surface area contributed by atoms with Crippen molar-refractivity contribution in [2.24, 2.45) is 5.84 Å². The number of aromatic nitrogens is 2. The van der Waals surface area contributed by atoms with Crippen molar-refractivity contribution in [2.45, 2.75) is 32.9 Å². The van der Waals surface area contributed by atoms with Gasteiger partial charge in [0.25, 0.3) is 0 Å². The molecule has 6 heteroatoms. The molecule has 98 valence electrons. The van der Waals surface area contributed by atoms with Crippen LogP contribution in [0.1, 0.15) is 35.3 Å². The first kappa shape index (κ1) is 13.7. The number of thiophene rings is 1. The van der Waals surface area contributed by atoms with Crippen LogP contribution in [0.5, 0.6) is 0 Å². The van der Waals surface area contributed by atoms with Crippen LogP contribution >= 0.6 is 27.3 Å². The van der Waals surface area contributed by atoms with Crippen molar-refractivity contribution in [3.05, 3.63) is 38.3 Å². The summed E-state index contributed by atoms with van der Waals surface area (Å²) in [6.45, 7) is 5.06. The largest absolute Gasteiger partial charge is 0.270 e. The quantitative estimate of drug-likeness (QED) is 0.655. The highest BCUT2D eigenvalue weighted by atomic mass is 79.9. The van der Waals surface area contributed by atoms with Crippen LogP contribution in [0.2, 0.25) is 0 Å². The molecule has 0 spiro atoms. The predicted molar refractivity (Wildman–Crippen MR) is 78.5 cm³/mol. The first-order chi connectivity index (χ1) is 8.71. The lowest BCUT2D eigenvalue weighted by molar-refractivity contribution is 0.547. The second kappa shape index (κ2) is 5.97. The van der Waals surface area contributed by atoms with Crippen LogP contribution in [0.3, 0.4) is 0 Å². The Morgan fingerprint density at radius 2 is 2.28 bits per heavy atom. The van der Waals surface area contributed by atoms with Crippen molar-refractivity contribution in [1.82, 2.24) is 15.2 Å². The average molecular weight is 329 g/mol. The predicted octanol–water partition coefficient (Wildman–Crippen LogP) is 2.84. The van der Waals surface area contributed by atoms with E-state index in [1.165, 1.54) is 9.75 Å². The van der Waals surface area contributed by atoms with Gasteiger partial charge in [-0.25, -0.2) is 5.43 Å². The monoisotopic (exact) mass is 328 g/mol. The fourth-order valence-electron chi connectivity index (χ4n) is 1.95. The molecule has 18 heavy (non-hydrogen) atoms. The van der Waals surface area contributed by atoms with E-state index in [1.54, 1.807) is 11.3 Å². The molecule has 2 aromatic rings. The van der Waals surface area contributed by atoms with Gasteiger partial charge in [0.05, 0.1) is 22.4 Å². The SMILES string of the molecule is CCc1ccc(C(NN)c2c(Br)cnn2CC)s1. The maximum absolute atomic E-state index is 5.73. The zero-order valence-corrected chi connectivity index (χ0v) is 12.9. The summed E-state index contributed by atoms with van der Waals surface area (Å²) in [5, 5.41) is 4.33. The number of hydrogen-bond acceptors (Lipinski definition) is 4. The van der Waals surface area contributed by atoms with Crippen molar-refractivity contribution in [3.8, 4) is 0 Å².